The summed E-state index contributed by atoms with van der Waals surface area (Å²) in [6.45, 7) is 2.08. The van der Waals surface area contributed by atoms with E-state index >= 15 is 0 Å². The molecule has 29 heavy (non-hydrogen) atoms. The van der Waals surface area contributed by atoms with Gasteiger partial charge in [0, 0.05) is 30.1 Å². The van der Waals surface area contributed by atoms with Crippen molar-refractivity contribution in [3.8, 4) is 6.07 Å². The van der Waals surface area contributed by atoms with Gasteiger partial charge in [0.25, 0.3) is 11.6 Å². The van der Waals surface area contributed by atoms with Gasteiger partial charge in [-0.05, 0) is 74.7 Å². The molecule has 152 valence electrons. The highest BCUT2D eigenvalue weighted by Crippen LogP contribution is 2.61. The SMILES string of the molecule is CC(NC(=O)/C(C#N)=C\Nc1cccc([N+](=O)[O-])c1)C12CC3CC(CC(C3)C1)C2. The van der Waals surface area contributed by atoms with E-state index in [1.165, 1.54) is 56.9 Å². The summed E-state index contributed by atoms with van der Waals surface area (Å²) < 4.78 is 0. The molecule has 0 heterocycles. The van der Waals surface area contributed by atoms with Crippen molar-refractivity contribution in [2.24, 2.45) is 23.2 Å². The van der Waals surface area contributed by atoms with Gasteiger partial charge in [0.05, 0.1) is 4.92 Å². The van der Waals surface area contributed by atoms with Crippen molar-refractivity contribution in [2.75, 3.05) is 5.32 Å². The average Bonchev–Trinajstić information content (AvgIpc) is 2.67. The number of nitrogens with one attached hydrogen (secondary N) is 2. The van der Waals surface area contributed by atoms with Crippen LogP contribution in [0.15, 0.2) is 36.0 Å². The number of non-ortho nitro benzene ring substituents is 1. The average molecular weight is 394 g/mol. The number of carbonyl (C=O) groups excluding carboxylic acids is 1. The second kappa shape index (κ2) is 7.51. The van der Waals surface area contributed by atoms with E-state index in [9.17, 15) is 20.2 Å². The number of hydrogen-bond acceptors (Lipinski definition) is 5. The van der Waals surface area contributed by atoms with Crippen molar-refractivity contribution in [2.45, 2.75) is 51.5 Å². The van der Waals surface area contributed by atoms with Gasteiger partial charge in [0.2, 0.25) is 0 Å². The molecule has 4 aliphatic carbocycles. The topological polar surface area (TPSA) is 108 Å². The molecule has 1 aromatic carbocycles. The lowest BCUT2D eigenvalue weighted by Gasteiger charge is -2.59. The third kappa shape index (κ3) is 3.84. The first-order valence-corrected chi connectivity index (χ1v) is 10.3. The van der Waals surface area contributed by atoms with Gasteiger partial charge in [0.1, 0.15) is 11.6 Å². The third-order valence-electron chi connectivity index (χ3n) is 7.16. The van der Waals surface area contributed by atoms with Crippen molar-refractivity contribution in [3.05, 3.63) is 46.2 Å². The molecular formula is C22H26N4O3. The molecule has 1 unspecified atom stereocenters. The molecule has 1 aromatic rings. The second-order valence-corrected chi connectivity index (χ2v) is 9.10. The number of amides is 1. The van der Waals surface area contributed by atoms with Crippen LogP contribution in [-0.4, -0.2) is 16.9 Å². The van der Waals surface area contributed by atoms with E-state index in [0.717, 1.165) is 17.8 Å². The van der Waals surface area contributed by atoms with Crippen LogP contribution in [0.25, 0.3) is 0 Å². The molecule has 0 spiro atoms. The molecule has 0 radical (unpaired) electrons. The number of nitro benzene ring substituents is 1. The van der Waals surface area contributed by atoms with Gasteiger partial charge in [-0.3, -0.25) is 14.9 Å². The summed E-state index contributed by atoms with van der Waals surface area (Å²) in [5.74, 6) is 1.99. The monoisotopic (exact) mass is 394 g/mol. The highest BCUT2D eigenvalue weighted by Gasteiger charge is 2.53. The van der Waals surface area contributed by atoms with Crippen LogP contribution in [0, 0.1) is 44.6 Å². The van der Waals surface area contributed by atoms with Crippen LogP contribution in [0.1, 0.15) is 45.4 Å². The lowest BCUT2D eigenvalue weighted by molar-refractivity contribution is -0.384. The zero-order valence-corrected chi connectivity index (χ0v) is 16.6. The number of nitriles is 1. The summed E-state index contributed by atoms with van der Waals surface area (Å²) in [7, 11) is 0. The molecule has 1 amide bonds. The Bertz CT molecular complexity index is 866. The minimum atomic E-state index is -0.486. The molecule has 7 heteroatoms. The Kier molecular flexibility index (Phi) is 5.03. The smallest absolute Gasteiger partial charge is 0.271 e. The van der Waals surface area contributed by atoms with Gasteiger partial charge >= 0.3 is 0 Å². The zero-order chi connectivity index (χ0) is 20.6. The molecule has 0 aromatic heterocycles. The first-order valence-electron chi connectivity index (χ1n) is 10.3. The second-order valence-electron chi connectivity index (χ2n) is 9.10. The number of hydrogen-bond donors (Lipinski definition) is 2. The normalized spacial score (nSPS) is 31.0. The summed E-state index contributed by atoms with van der Waals surface area (Å²) in [4.78, 5) is 23.1. The van der Waals surface area contributed by atoms with Gasteiger partial charge in [-0.15, -0.1) is 0 Å². The van der Waals surface area contributed by atoms with Crippen LogP contribution >= 0.6 is 0 Å². The van der Waals surface area contributed by atoms with Crippen molar-refractivity contribution in [1.82, 2.24) is 5.32 Å². The van der Waals surface area contributed by atoms with Crippen LogP contribution < -0.4 is 10.6 Å². The molecule has 1 atom stereocenters. The van der Waals surface area contributed by atoms with E-state index in [-0.39, 0.29) is 22.7 Å². The number of nitrogens with zero attached hydrogens (tertiary/aromatic N) is 2. The summed E-state index contributed by atoms with van der Waals surface area (Å²) in [6.07, 6.45) is 8.89. The van der Waals surface area contributed by atoms with E-state index in [1.54, 1.807) is 12.1 Å². The zero-order valence-electron chi connectivity index (χ0n) is 16.6. The Hall–Kier alpha value is -2.88. The van der Waals surface area contributed by atoms with Crippen LogP contribution in [0.4, 0.5) is 11.4 Å². The summed E-state index contributed by atoms with van der Waals surface area (Å²) in [5, 5.41) is 26.2. The highest BCUT2D eigenvalue weighted by molar-refractivity contribution is 5.97. The van der Waals surface area contributed by atoms with E-state index in [4.69, 9.17) is 0 Å². The predicted molar refractivity (Wildman–Crippen MR) is 109 cm³/mol. The molecular weight excluding hydrogens is 368 g/mol. The molecule has 2 N–H and O–H groups in total. The Morgan fingerprint density at radius 1 is 1.28 bits per heavy atom. The number of rotatable bonds is 6. The van der Waals surface area contributed by atoms with Crippen molar-refractivity contribution >= 4 is 17.3 Å². The Labute approximate surface area is 170 Å². The van der Waals surface area contributed by atoms with Crippen LogP contribution in [0.3, 0.4) is 0 Å². The molecule has 4 saturated carbocycles. The number of anilines is 1. The number of nitro groups is 1. The lowest BCUT2D eigenvalue weighted by atomic mass is 9.48. The number of benzene rings is 1. The van der Waals surface area contributed by atoms with E-state index in [2.05, 4.69) is 17.6 Å². The largest absolute Gasteiger partial charge is 0.360 e. The first kappa shape index (κ1) is 19.4. The van der Waals surface area contributed by atoms with Gasteiger partial charge in [0.15, 0.2) is 0 Å². The van der Waals surface area contributed by atoms with Crippen LogP contribution in [0.2, 0.25) is 0 Å². The van der Waals surface area contributed by atoms with Gasteiger partial charge < -0.3 is 10.6 Å². The van der Waals surface area contributed by atoms with E-state index in [0.29, 0.717) is 5.69 Å². The molecule has 5 rings (SSSR count). The minimum Gasteiger partial charge on any atom is -0.360 e. The maximum absolute atomic E-state index is 12.7. The molecule has 7 nitrogen and oxygen atoms in total. The van der Waals surface area contributed by atoms with Gasteiger partial charge in [-0.1, -0.05) is 6.07 Å². The third-order valence-corrected chi connectivity index (χ3v) is 7.16. The van der Waals surface area contributed by atoms with E-state index < -0.39 is 10.8 Å². The van der Waals surface area contributed by atoms with Crippen molar-refractivity contribution < 1.29 is 9.72 Å². The lowest BCUT2D eigenvalue weighted by Crippen LogP contribution is -2.56. The fraction of sp³-hybridized carbons (Fsp3) is 0.545. The first-order chi connectivity index (χ1) is 13.9. The van der Waals surface area contributed by atoms with Crippen LogP contribution in [0.5, 0.6) is 0 Å². The summed E-state index contributed by atoms with van der Waals surface area (Å²) in [5.41, 5.74) is 0.530. The van der Waals surface area contributed by atoms with Gasteiger partial charge in [-0.25, -0.2) is 0 Å². The quantitative estimate of drug-likeness (QED) is 0.326. The molecule has 4 bridgehead atoms. The highest BCUT2D eigenvalue weighted by atomic mass is 16.6. The summed E-state index contributed by atoms with van der Waals surface area (Å²) >= 11 is 0. The van der Waals surface area contributed by atoms with Gasteiger partial charge in [-0.2, -0.15) is 5.26 Å². The molecule has 0 saturated heterocycles. The Morgan fingerprint density at radius 3 is 2.45 bits per heavy atom. The molecule has 4 fully saturated rings. The maximum atomic E-state index is 12.7. The Balaban J connectivity index is 1.43. The fourth-order valence-corrected chi connectivity index (χ4v) is 6.15. The van der Waals surface area contributed by atoms with E-state index in [1.807, 2.05) is 6.07 Å². The molecule has 4 aliphatic rings. The fourth-order valence-electron chi connectivity index (χ4n) is 6.15. The Morgan fingerprint density at radius 2 is 1.90 bits per heavy atom. The van der Waals surface area contributed by atoms with Crippen LogP contribution in [-0.2, 0) is 4.79 Å². The predicted octanol–water partition coefficient (Wildman–Crippen LogP) is 4.14. The van der Waals surface area contributed by atoms with Crippen molar-refractivity contribution in [1.29, 1.82) is 5.26 Å². The molecule has 0 aliphatic heterocycles. The van der Waals surface area contributed by atoms with Crippen molar-refractivity contribution in [3.63, 3.8) is 0 Å². The maximum Gasteiger partial charge on any atom is 0.271 e. The summed E-state index contributed by atoms with van der Waals surface area (Å²) in [6, 6.07) is 7.92. The minimum absolute atomic E-state index is 0.0259. The number of carbonyl (C=O) groups is 1. The standard InChI is InChI=1S/C22H26N4O3/c1-14(22-9-15-5-16(10-22)7-17(6-15)11-22)25-21(27)18(12-23)13-24-19-3-2-4-20(8-19)26(28)29/h2-4,8,13-17,24H,5-7,9-11H2,1H3,(H,25,27)/b18-13-.